The summed E-state index contributed by atoms with van der Waals surface area (Å²) in [7, 11) is 3.37. The number of Topliss-reactive ketones (excluding diaryl/α,β-unsaturated/α-hetero) is 1. The van der Waals surface area contributed by atoms with E-state index in [2.05, 4.69) is 22.2 Å². The Labute approximate surface area is 378 Å². The Kier molecular flexibility index (Phi) is 17.4. The van der Waals surface area contributed by atoms with E-state index in [0.29, 0.717) is 25.3 Å². The number of aliphatic hydroxyl groups excluding tert-OH is 3. The highest BCUT2D eigenvalue weighted by Gasteiger charge is 2.53. The molecule has 0 amide bonds. The van der Waals surface area contributed by atoms with Crippen LogP contribution < -0.4 is 0 Å². The van der Waals surface area contributed by atoms with E-state index in [1.807, 2.05) is 41.8 Å². The molecule has 0 radical (unpaired) electrons. The molecule has 3 aliphatic heterocycles. The zero-order valence-corrected chi connectivity index (χ0v) is 39.9. The van der Waals surface area contributed by atoms with Gasteiger partial charge in [0.15, 0.2) is 12.6 Å². The summed E-state index contributed by atoms with van der Waals surface area (Å²) in [6.07, 6.45) is -8.22. The number of cyclic esters (lactones) is 1. The largest absolute Gasteiger partial charge is 0.459 e. The number of benzene rings is 1. The van der Waals surface area contributed by atoms with Gasteiger partial charge in [-0.05, 0) is 79.8 Å². The van der Waals surface area contributed by atoms with Crippen LogP contribution in [0.15, 0.2) is 36.7 Å². The second kappa shape index (κ2) is 21.3. The summed E-state index contributed by atoms with van der Waals surface area (Å²) in [6, 6.07) is 9.61. The maximum atomic E-state index is 14.3. The van der Waals surface area contributed by atoms with Crippen LogP contribution in [0, 0.1) is 23.7 Å². The SMILES string of the molecule is CC[C@H]1OC(=O)[C@H](C)[C@@H](O[C@H]2C[C@@](C)(OC)[C@@H](O)[C@H](C)O2)[C@H](C)[C@@H](O[C@@H]2O[C@H](C)C[C@H](N(C)Cc3ncnn3CCc3ccccc3)[C@H]2O)[C@](C)(O)C[C@@H](C)C(=O)[C@H](C)[C@@H](O)[C@]1(C)O. The fourth-order valence-electron chi connectivity index (χ4n) is 10.2. The Bertz CT molecular complexity index is 1810. The number of nitrogens with zero attached hydrogens (tertiary/aromatic N) is 4. The van der Waals surface area contributed by atoms with Gasteiger partial charge in [0.1, 0.15) is 41.8 Å². The lowest BCUT2D eigenvalue weighted by Gasteiger charge is -2.49. The number of carbonyl (C=O) groups excluding carboxylic acids is 2. The fourth-order valence-corrected chi connectivity index (χ4v) is 10.2. The summed E-state index contributed by atoms with van der Waals surface area (Å²) in [5, 5.41) is 63.6. The van der Waals surface area contributed by atoms with Crippen molar-refractivity contribution in [3.63, 3.8) is 0 Å². The predicted molar refractivity (Wildman–Crippen MR) is 234 cm³/mol. The molecule has 3 fully saturated rings. The number of hydrogen-bond acceptors (Lipinski definition) is 16. The molecule has 64 heavy (non-hydrogen) atoms. The van der Waals surface area contributed by atoms with E-state index in [1.54, 1.807) is 41.5 Å². The van der Waals surface area contributed by atoms with Crippen LogP contribution >= 0.6 is 0 Å². The third-order valence-corrected chi connectivity index (χ3v) is 14.3. The number of carbonyl (C=O) groups is 2. The number of rotatable bonds is 12. The number of esters is 1. The third kappa shape index (κ3) is 11.6. The van der Waals surface area contributed by atoms with Gasteiger partial charge in [0.2, 0.25) is 0 Å². The van der Waals surface area contributed by atoms with E-state index in [9.17, 15) is 35.1 Å². The number of aromatic nitrogens is 3. The number of likely N-dealkylation sites (N-methyl/N-ethyl adjacent to an activating group) is 1. The lowest BCUT2D eigenvalue weighted by atomic mass is 9.74. The standard InChI is InChI=1S/C47H76N4O13/c1-13-34-47(10,58)40(54)28(4)37(52)26(2)22-45(8,57)42(29(5)39(30(6)43(56)62-34)63-36-23-46(9,59-12)41(55)31(7)61-36)64-44-38(53)33(21-27(3)60-44)50(11)24-35-48-25-49-51(35)20-19-32-17-15-14-16-18-32/h14-18,25-31,33-34,36,38-42,44,53-55,57-58H,13,19-24H2,1-12H3/t26-,27-,28+,29+,30-,31+,33+,34-,36+,38-,39+,40-,41+,42-,44+,45-,46-,47-/m1/s1. The molecule has 1 aromatic heterocycles. The maximum absolute atomic E-state index is 14.3. The first kappa shape index (κ1) is 52.0. The van der Waals surface area contributed by atoms with E-state index >= 15 is 0 Å². The van der Waals surface area contributed by atoms with Crippen molar-refractivity contribution in [2.45, 2.75) is 199 Å². The number of hydrogen-bond donors (Lipinski definition) is 5. The van der Waals surface area contributed by atoms with Crippen molar-refractivity contribution < 1.29 is 63.5 Å². The van der Waals surface area contributed by atoms with E-state index in [1.165, 1.54) is 39.8 Å². The minimum Gasteiger partial charge on any atom is -0.459 e. The molecule has 362 valence electrons. The second-order valence-electron chi connectivity index (χ2n) is 19.6. The number of ether oxygens (including phenoxy) is 6. The predicted octanol–water partition coefficient (Wildman–Crippen LogP) is 3.19. The van der Waals surface area contributed by atoms with Crippen LogP contribution in [0.4, 0.5) is 0 Å². The van der Waals surface area contributed by atoms with Gasteiger partial charge in [-0.15, -0.1) is 0 Å². The number of aliphatic hydroxyl groups is 5. The summed E-state index contributed by atoms with van der Waals surface area (Å²) in [4.78, 5) is 34.9. The number of methoxy groups -OCH3 is 1. The van der Waals surface area contributed by atoms with Crippen molar-refractivity contribution in [3.8, 4) is 0 Å². The highest BCUT2D eigenvalue weighted by molar-refractivity contribution is 5.83. The van der Waals surface area contributed by atoms with Crippen LogP contribution in [0.25, 0.3) is 0 Å². The van der Waals surface area contributed by atoms with Crippen molar-refractivity contribution >= 4 is 11.8 Å². The van der Waals surface area contributed by atoms with Crippen LogP contribution in [0.5, 0.6) is 0 Å². The van der Waals surface area contributed by atoms with Crippen LogP contribution in [0.2, 0.25) is 0 Å². The second-order valence-corrected chi connectivity index (χ2v) is 19.6. The molecule has 0 spiro atoms. The lowest BCUT2D eigenvalue weighted by molar-refractivity contribution is -0.318. The van der Waals surface area contributed by atoms with Gasteiger partial charge < -0.3 is 54.0 Å². The van der Waals surface area contributed by atoms with Gasteiger partial charge in [-0.3, -0.25) is 14.5 Å². The molecule has 3 aliphatic rings. The molecule has 0 unspecified atom stereocenters. The van der Waals surface area contributed by atoms with Crippen LogP contribution in [0.3, 0.4) is 0 Å². The van der Waals surface area contributed by atoms with Crippen LogP contribution in [-0.2, 0) is 57.5 Å². The summed E-state index contributed by atoms with van der Waals surface area (Å²) < 4.78 is 39.7. The molecule has 17 heteroatoms. The van der Waals surface area contributed by atoms with Gasteiger partial charge in [-0.2, -0.15) is 5.10 Å². The van der Waals surface area contributed by atoms with Gasteiger partial charge in [-0.25, -0.2) is 9.67 Å². The van der Waals surface area contributed by atoms with E-state index < -0.39 is 120 Å². The average Bonchev–Trinajstić information content (AvgIpc) is 3.70. The molecule has 17 nitrogen and oxygen atoms in total. The number of ketones is 1. The average molecular weight is 905 g/mol. The van der Waals surface area contributed by atoms with Crippen molar-refractivity contribution in [1.82, 2.24) is 19.7 Å². The van der Waals surface area contributed by atoms with Crippen molar-refractivity contribution in [1.29, 1.82) is 0 Å². The van der Waals surface area contributed by atoms with Crippen LogP contribution in [0.1, 0.15) is 106 Å². The van der Waals surface area contributed by atoms with Gasteiger partial charge in [0, 0.05) is 43.9 Å². The quantitative estimate of drug-likeness (QED) is 0.193. The molecule has 2 aromatic rings. The molecule has 18 atom stereocenters. The van der Waals surface area contributed by atoms with Crippen molar-refractivity contribution in [2.24, 2.45) is 23.7 Å². The van der Waals surface area contributed by atoms with Gasteiger partial charge >= 0.3 is 5.97 Å². The third-order valence-electron chi connectivity index (χ3n) is 14.3. The maximum Gasteiger partial charge on any atom is 0.311 e. The lowest BCUT2D eigenvalue weighted by Crippen LogP contribution is -2.61. The summed E-state index contributed by atoms with van der Waals surface area (Å²) in [5.41, 5.74) is -3.80. The van der Waals surface area contributed by atoms with E-state index in [0.717, 1.165) is 6.42 Å². The molecule has 5 N–H and O–H groups in total. The molecule has 4 heterocycles. The molecule has 5 rings (SSSR count). The van der Waals surface area contributed by atoms with E-state index in [4.69, 9.17) is 28.4 Å². The van der Waals surface area contributed by atoms with Gasteiger partial charge in [0.05, 0.1) is 54.2 Å². The molecule has 1 aromatic carbocycles. The Morgan fingerprint density at radius 1 is 0.922 bits per heavy atom. The fraction of sp³-hybridized carbons (Fsp3) is 0.787. The minimum atomic E-state index is -2.02. The van der Waals surface area contributed by atoms with E-state index in [-0.39, 0.29) is 19.3 Å². The Hall–Kier alpha value is -2.94. The molecule has 0 saturated carbocycles. The normalized spacial score (nSPS) is 42.0. The first-order valence-corrected chi connectivity index (χ1v) is 23.0. The van der Waals surface area contributed by atoms with Gasteiger partial charge in [-0.1, -0.05) is 58.0 Å². The van der Waals surface area contributed by atoms with Crippen molar-refractivity contribution in [3.05, 3.63) is 48.0 Å². The Morgan fingerprint density at radius 2 is 1.59 bits per heavy atom. The Balaban J connectivity index is 1.50. The Morgan fingerprint density at radius 3 is 2.23 bits per heavy atom. The minimum absolute atomic E-state index is 0.0693. The summed E-state index contributed by atoms with van der Waals surface area (Å²) in [5.74, 6) is -4.48. The highest BCUT2D eigenvalue weighted by Crippen LogP contribution is 2.41. The zero-order chi connectivity index (χ0) is 47.5. The van der Waals surface area contributed by atoms with Gasteiger partial charge in [0.25, 0.3) is 0 Å². The smallest absolute Gasteiger partial charge is 0.311 e. The molecule has 3 saturated heterocycles. The molecule has 0 aliphatic carbocycles. The first-order valence-electron chi connectivity index (χ1n) is 23.0. The van der Waals surface area contributed by atoms with Crippen LogP contribution in [-0.4, -0.2) is 155 Å². The first-order chi connectivity index (χ1) is 29.9. The monoisotopic (exact) mass is 905 g/mol. The molecular weight excluding hydrogens is 829 g/mol. The highest BCUT2D eigenvalue weighted by atomic mass is 16.7. The van der Waals surface area contributed by atoms with Crippen molar-refractivity contribution in [2.75, 3.05) is 14.2 Å². The summed E-state index contributed by atoms with van der Waals surface area (Å²) in [6.45, 7) is 17.3. The molecule has 0 bridgehead atoms. The topological polar surface area (TPSA) is 225 Å². The zero-order valence-electron chi connectivity index (χ0n) is 39.9. The molecular formula is C47H76N4O13. The number of aryl methyl sites for hydroxylation is 2. The summed E-state index contributed by atoms with van der Waals surface area (Å²) >= 11 is 0.